The van der Waals surface area contributed by atoms with Gasteiger partial charge in [0.1, 0.15) is 16.3 Å². The van der Waals surface area contributed by atoms with Gasteiger partial charge in [-0.25, -0.2) is 9.97 Å². The molecule has 1 aliphatic carbocycles. The van der Waals surface area contributed by atoms with Crippen molar-refractivity contribution in [1.29, 1.82) is 0 Å². The van der Waals surface area contributed by atoms with Crippen LogP contribution in [0, 0.1) is 6.92 Å². The maximum Gasteiger partial charge on any atom is 0.181 e. The van der Waals surface area contributed by atoms with E-state index in [9.17, 15) is 0 Å². The molecule has 0 unspecified atom stereocenters. The molecule has 21 heavy (non-hydrogen) atoms. The highest BCUT2D eigenvalue weighted by Gasteiger charge is 2.22. The summed E-state index contributed by atoms with van der Waals surface area (Å²) >= 11 is 1.81. The van der Waals surface area contributed by atoms with Gasteiger partial charge in [0.15, 0.2) is 5.82 Å². The van der Waals surface area contributed by atoms with Crippen LogP contribution in [0.15, 0.2) is 18.3 Å². The Morgan fingerprint density at radius 3 is 2.95 bits per heavy atom. The van der Waals surface area contributed by atoms with Gasteiger partial charge in [0, 0.05) is 18.1 Å². The molecule has 1 aliphatic rings. The lowest BCUT2D eigenvalue weighted by Crippen LogP contribution is -2.00. The summed E-state index contributed by atoms with van der Waals surface area (Å²) in [4.78, 5) is 16.5. The van der Waals surface area contributed by atoms with Crippen molar-refractivity contribution < 1.29 is 0 Å². The smallest absolute Gasteiger partial charge is 0.181 e. The van der Waals surface area contributed by atoms with E-state index in [2.05, 4.69) is 10.3 Å². The molecular formula is C16H16N4S. The monoisotopic (exact) mass is 296 g/mol. The number of aryl methyl sites for hydroxylation is 3. The minimum absolute atomic E-state index is 0.713. The molecule has 4 rings (SSSR count). The molecule has 0 fully saturated rings. The van der Waals surface area contributed by atoms with E-state index in [0.29, 0.717) is 5.82 Å². The van der Waals surface area contributed by atoms with Crippen LogP contribution in [0.3, 0.4) is 0 Å². The molecule has 3 aromatic heterocycles. The Balaban J connectivity index is 1.99. The van der Waals surface area contributed by atoms with Crippen molar-refractivity contribution in [3.8, 4) is 11.5 Å². The highest BCUT2D eigenvalue weighted by atomic mass is 32.1. The van der Waals surface area contributed by atoms with Crippen molar-refractivity contribution in [3.05, 3.63) is 34.3 Å². The molecule has 4 nitrogen and oxygen atoms in total. The van der Waals surface area contributed by atoms with Gasteiger partial charge < -0.3 is 5.32 Å². The van der Waals surface area contributed by atoms with E-state index in [1.165, 1.54) is 28.7 Å². The molecule has 0 radical (unpaired) electrons. The Morgan fingerprint density at radius 1 is 1.24 bits per heavy atom. The zero-order valence-electron chi connectivity index (χ0n) is 12.1. The number of nitrogens with zero attached hydrogens (tertiary/aromatic N) is 3. The third kappa shape index (κ3) is 1.92. The predicted molar refractivity (Wildman–Crippen MR) is 87.0 cm³/mol. The number of aromatic nitrogens is 3. The first-order chi connectivity index (χ1) is 10.3. The molecule has 3 heterocycles. The molecule has 3 aromatic rings. The second kappa shape index (κ2) is 4.77. The molecule has 0 amide bonds. The van der Waals surface area contributed by atoms with Crippen LogP contribution in [-0.4, -0.2) is 22.0 Å². The molecule has 0 saturated heterocycles. The van der Waals surface area contributed by atoms with Gasteiger partial charge in [0.2, 0.25) is 0 Å². The topological polar surface area (TPSA) is 50.7 Å². The summed E-state index contributed by atoms with van der Waals surface area (Å²) in [5.41, 5.74) is 3.41. The normalized spacial score (nSPS) is 13.6. The maximum atomic E-state index is 4.78. The molecule has 1 N–H and O–H groups in total. The van der Waals surface area contributed by atoms with E-state index in [0.717, 1.165) is 28.3 Å². The Kier molecular flexibility index (Phi) is 2.89. The van der Waals surface area contributed by atoms with Crippen LogP contribution in [-0.2, 0) is 12.8 Å². The van der Waals surface area contributed by atoms with Gasteiger partial charge in [-0.15, -0.1) is 11.3 Å². The Bertz CT molecular complexity index is 838. The molecule has 0 aliphatic heterocycles. The summed E-state index contributed by atoms with van der Waals surface area (Å²) in [6, 6.07) is 3.99. The number of fused-ring (bicyclic) bond motifs is 3. The van der Waals surface area contributed by atoms with E-state index in [4.69, 9.17) is 9.97 Å². The lowest BCUT2D eigenvalue weighted by molar-refractivity contribution is 0.917. The summed E-state index contributed by atoms with van der Waals surface area (Å²) in [5.74, 6) is 1.64. The summed E-state index contributed by atoms with van der Waals surface area (Å²) in [6.07, 6.45) is 5.37. The van der Waals surface area contributed by atoms with Crippen molar-refractivity contribution in [2.45, 2.75) is 26.2 Å². The fourth-order valence-electron chi connectivity index (χ4n) is 3.00. The summed E-state index contributed by atoms with van der Waals surface area (Å²) in [7, 11) is 1.93. The summed E-state index contributed by atoms with van der Waals surface area (Å²) < 4.78 is 0. The van der Waals surface area contributed by atoms with Crippen LogP contribution in [0.25, 0.3) is 21.7 Å². The quantitative estimate of drug-likeness (QED) is 0.785. The molecule has 106 valence electrons. The fourth-order valence-corrected chi connectivity index (χ4v) is 4.26. The largest absolute Gasteiger partial charge is 0.372 e. The highest BCUT2D eigenvalue weighted by molar-refractivity contribution is 7.19. The predicted octanol–water partition coefficient (Wildman–Crippen LogP) is 3.59. The van der Waals surface area contributed by atoms with Crippen LogP contribution in [0.1, 0.15) is 22.4 Å². The lowest BCUT2D eigenvalue weighted by atomic mass is 10.1. The van der Waals surface area contributed by atoms with Crippen molar-refractivity contribution in [2.75, 3.05) is 12.4 Å². The molecule has 0 atom stereocenters. The first kappa shape index (κ1) is 12.7. The maximum absolute atomic E-state index is 4.78. The highest BCUT2D eigenvalue weighted by Crippen LogP contribution is 2.40. The Morgan fingerprint density at radius 2 is 2.14 bits per heavy atom. The average Bonchev–Trinajstić information content (AvgIpc) is 3.07. The third-order valence-corrected chi connectivity index (χ3v) is 5.21. The van der Waals surface area contributed by atoms with Gasteiger partial charge in [0.05, 0.1) is 5.39 Å². The van der Waals surface area contributed by atoms with Gasteiger partial charge in [-0.05, 0) is 43.4 Å². The number of hydrogen-bond acceptors (Lipinski definition) is 5. The van der Waals surface area contributed by atoms with Gasteiger partial charge >= 0.3 is 0 Å². The lowest BCUT2D eigenvalue weighted by Gasteiger charge is -2.08. The van der Waals surface area contributed by atoms with Crippen LogP contribution < -0.4 is 5.32 Å². The van der Waals surface area contributed by atoms with E-state index in [1.54, 1.807) is 6.20 Å². The van der Waals surface area contributed by atoms with E-state index >= 15 is 0 Å². The second-order valence-electron chi connectivity index (χ2n) is 5.35. The molecular weight excluding hydrogens is 280 g/mol. The van der Waals surface area contributed by atoms with Crippen LogP contribution in [0.4, 0.5) is 5.82 Å². The molecule has 5 heteroatoms. The van der Waals surface area contributed by atoms with Gasteiger partial charge in [-0.2, -0.15) is 0 Å². The first-order valence-electron chi connectivity index (χ1n) is 7.20. The van der Waals surface area contributed by atoms with Gasteiger partial charge in [0.25, 0.3) is 0 Å². The zero-order valence-corrected chi connectivity index (χ0v) is 12.9. The van der Waals surface area contributed by atoms with Gasteiger partial charge in [-0.3, -0.25) is 4.98 Å². The minimum atomic E-state index is 0.713. The van der Waals surface area contributed by atoms with Crippen LogP contribution in [0.5, 0.6) is 0 Å². The van der Waals surface area contributed by atoms with Crippen LogP contribution >= 0.6 is 11.3 Å². The van der Waals surface area contributed by atoms with Crippen molar-refractivity contribution in [1.82, 2.24) is 15.0 Å². The van der Waals surface area contributed by atoms with E-state index < -0.39 is 0 Å². The fraction of sp³-hybridized carbons (Fsp3) is 0.312. The number of rotatable bonds is 2. The SMILES string of the molecule is CNc1nc(-c2ncccc2C)nc2sc3c(c12)CCC3. The van der Waals surface area contributed by atoms with Crippen molar-refractivity contribution in [3.63, 3.8) is 0 Å². The zero-order chi connectivity index (χ0) is 14.4. The van der Waals surface area contributed by atoms with Crippen molar-refractivity contribution in [2.24, 2.45) is 0 Å². The average molecular weight is 296 g/mol. The minimum Gasteiger partial charge on any atom is -0.372 e. The summed E-state index contributed by atoms with van der Waals surface area (Å²) in [5, 5.41) is 4.46. The van der Waals surface area contributed by atoms with Gasteiger partial charge in [-0.1, -0.05) is 6.07 Å². The number of pyridine rings is 1. The first-order valence-corrected chi connectivity index (χ1v) is 8.01. The molecule has 0 spiro atoms. The van der Waals surface area contributed by atoms with Crippen LogP contribution in [0.2, 0.25) is 0 Å². The molecule has 0 saturated carbocycles. The summed E-state index contributed by atoms with van der Waals surface area (Å²) in [6.45, 7) is 2.04. The van der Waals surface area contributed by atoms with Crippen molar-refractivity contribution >= 4 is 27.4 Å². The Hall–Kier alpha value is -2.01. The second-order valence-corrected chi connectivity index (χ2v) is 6.44. The number of thiophene rings is 1. The van der Waals surface area contributed by atoms with E-state index in [-0.39, 0.29) is 0 Å². The standard InChI is InChI=1S/C16H16N4S/c1-9-5-4-8-18-13(9)15-19-14(17-2)12-10-6-3-7-11(10)21-16(12)20-15/h4-5,8H,3,6-7H2,1-2H3,(H,17,19,20). The number of anilines is 1. The van der Waals surface area contributed by atoms with E-state index in [1.807, 2.05) is 37.4 Å². The third-order valence-electron chi connectivity index (χ3n) is 4.02. The number of nitrogens with one attached hydrogen (secondary N) is 1. The number of hydrogen-bond donors (Lipinski definition) is 1. The molecule has 0 aromatic carbocycles. The molecule has 0 bridgehead atoms. The Labute approximate surface area is 127 Å².